The standard InChI is InChI=1S/C6H12OS/c1-3-4-6(7)5-8-2/h3,6-7H,1,4-5H2,2H3. The minimum atomic E-state index is -0.192. The third-order valence-electron chi connectivity index (χ3n) is 0.798. The van der Waals surface area contributed by atoms with E-state index in [4.69, 9.17) is 5.11 Å². The van der Waals surface area contributed by atoms with Crippen molar-refractivity contribution in [2.75, 3.05) is 12.0 Å². The lowest BCUT2D eigenvalue weighted by atomic mass is 10.3. The molecule has 0 radical (unpaired) electrons. The van der Waals surface area contributed by atoms with Gasteiger partial charge in [-0.1, -0.05) is 6.08 Å². The lowest BCUT2D eigenvalue weighted by molar-refractivity contribution is 0.203. The SMILES string of the molecule is C=CCC(O)CSC. The van der Waals surface area contributed by atoms with Crippen LogP contribution in [-0.4, -0.2) is 23.2 Å². The fourth-order valence-corrected chi connectivity index (χ4v) is 0.974. The summed E-state index contributed by atoms with van der Waals surface area (Å²) in [5, 5.41) is 8.96. The van der Waals surface area contributed by atoms with Crippen LogP contribution >= 0.6 is 11.8 Å². The third kappa shape index (κ3) is 4.22. The maximum Gasteiger partial charge on any atom is 0.0664 e. The van der Waals surface area contributed by atoms with Crippen LogP contribution in [0.15, 0.2) is 12.7 Å². The number of hydrogen-bond donors (Lipinski definition) is 1. The van der Waals surface area contributed by atoms with E-state index in [9.17, 15) is 0 Å². The molecule has 0 spiro atoms. The maximum atomic E-state index is 8.96. The normalized spacial score (nSPS) is 13.2. The zero-order valence-corrected chi connectivity index (χ0v) is 5.95. The van der Waals surface area contributed by atoms with Crippen molar-refractivity contribution in [2.24, 2.45) is 0 Å². The minimum absolute atomic E-state index is 0.192. The largest absolute Gasteiger partial charge is 0.392 e. The smallest absolute Gasteiger partial charge is 0.0664 e. The number of aliphatic hydroxyl groups is 1. The Hall–Kier alpha value is 0.0500. The first-order valence-corrected chi connectivity index (χ1v) is 3.98. The molecule has 0 aromatic heterocycles. The van der Waals surface area contributed by atoms with Crippen LogP contribution in [-0.2, 0) is 0 Å². The van der Waals surface area contributed by atoms with Gasteiger partial charge in [0.05, 0.1) is 6.10 Å². The quantitative estimate of drug-likeness (QED) is 0.582. The van der Waals surface area contributed by atoms with Crippen molar-refractivity contribution in [3.8, 4) is 0 Å². The summed E-state index contributed by atoms with van der Waals surface area (Å²) in [4.78, 5) is 0. The van der Waals surface area contributed by atoms with Gasteiger partial charge in [0.25, 0.3) is 0 Å². The van der Waals surface area contributed by atoms with Gasteiger partial charge in [0.2, 0.25) is 0 Å². The van der Waals surface area contributed by atoms with Crippen LogP contribution in [0, 0.1) is 0 Å². The molecule has 1 unspecified atom stereocenters. The Kier molecular flexibility index (Phi) is 5.22. The van der Waals surface area contributed by atoms with Gasteiger partial charge in [0.15, 0.2) is 0 Å². The molecule has 0 aliphatic rings. The number of hydrogen-bond acceptors (Lipinski definition) is 2. The zero-order chi connectivity index (χ0) is 6.41. The lowest BCUT2D eigenvalue weighted by Gasteiger charge is -2.02. The van der Waals surface area contributed by atoms with E-state index in [0.717, 1.165) is 5.75 Å². The molecule has 1 nitrogen and oxygen atoms in total. The topological polar surface area (TPSA) is 20.2 Å². The van der Waals surface area contributed by atoms with Crippen molar-refractivity contribution < 1.29 is 5.11 Å². The maximum absolute atomic E-state index is 8.96. The molecule has 0 aliphatic heterocycles. The van der Waals surface area contributed by atoms with Crippen molar-refractivity contribution in [2.45, 2.75) is 12.5 Å². The molecule has 8 heavy (non-hydrogen) atoms. The van der Waals surface area contributed by atoms with Gasteiger partial charge in [-0.05, 0) is 12.7 Å². The monoisotopic (exact) mass is 132 g/mol. The Morgan fingerprint density at radius 2 is 2.50 bits per heavy atom. The first kappa shape index (κ1) is 8.05. The van der Waals surface area contributed by atoms with Gasteiger partial charge in [-0.15, -0.1) is 6.58 Å². The molecule has 0 amide bonds. The van der Waals surface area contributed by atoms with Crippen molar-refractivity contribution in [3.05, 3.63) is 12.7 Å². The second-order valence-electron chi connectivity index (χ2n) is 1.63. The average molecular weight is 132 g/mol. The molecule has 0 aromatic carbocycles. The molecule has 48 valence electrons. The van der Waals surface area contributed by atoms with Gasteiger partial charge in [-0.3, -0.25) is 0 Å². The molecule has 0 rings (SSSR count). The molecule has 0 aromatic rings. The van der Waals surface area contributed by atoms with E-state index >= 15 is 0 Å². The van der Waals surface area contributed by atoms with E-state index in [1.54, 1.807) is 17.8 Å². The first-order valence-electron chi connectivity index (χ1n) is 2.59. The van der Waals surface area contributed by atoms with Gasteiger partial charge in [0, 0.05) is 5.75 Å². The van der Waals surface area contributed by atoms with Crippen LogP contribution in [0.2, 0.25) is 0 Å². The molecular weight excluding hydrogens is 120 g/mol. The van der Waals surface area contributed by atoms with Gasteiger partial charge >= 0.3 is 0 Å². The summed E-state index contributed by atoms with van der Waals surface area (Å²) in [7, 11) is 0. The van der Waals surface area contributed by atoms with Crippen molar-refractivity contribution in [1.82, 2.24) is 0 Å². The fraction of sp³-hybridized carbons (Fsp3) is 0.667. The first-order chi connectivity index (χ1) is 3.81. The van der Waals surface area contributed by atoms with Crippen LogP contribution in [0.25, 0.3) is 0 Å². The van der Waals surface area contributed by atoms with Crippen molar-refractivity contribution in [1.29, 1.82) is 0 Å². The minimum Gasteiger partial charge on any atom is -0.392 e. The molecule has 2 heteroatoms. The lowest BCUT2D eigenvalue weighted by Crippen LogP contribution is -2.06. The van der Waals surface area contributed by atoms with E-state index < -0.39 is 0 Å². The van der Waals surface area contributed by atoms with Crippen LogP contribution in [0.4, 0.5) is 0 Å². The van der Waals surface area contributed by atoms with E-state index in [0.29, 0.717) is 6.42 Å². The highest BCUT2D eigenvalue weighted by Gasteiger charge is 1.96. The molecule has 1 N–H and O–H groups in total. The predicted octanol–water partition coefficient (Wildman–Crippen LogP) is 1.29. The summed E-state index contributed by atoms with van der Waals surface area (Å²) >= 11 is 1.65. The van der Waals surface area contributed by atoms with E-state index in [1.807, 2.05) is 6.26 Å². The predicted molar refractivity (Wildman–Crippen MR) is 39.2 cm³/mol. The zero-order valence-electron chi connectivity index (χ0n) is 5.13. The molecule has 0 aliphatic carbocycles. The Balaban J connectivity index is 3.03. The summed E-state index contributed by atoms with van der Waals surface area (Å²) in [6.07, 6.45) is 4.23. The van der Waals surface area contributed by atoms with E-state index in [1.165, 1.54) is 0 Å². The van der Waals surface area contributed by atoms with Crippen LogP contribution < -0.4 is 0 Å². The molecule has 0 bridgehead atoms. The highest BCUT2D eigenvalue weighted by Crippen LogP contribution is 2.00. The highest BCUT2D eigenvalue weighted by atomic mass is 32.2. The summed E-state index contributed by atoms with van der Waals surface area (Å²) in [6, 6.07) is 0. The molecule has 0 saturated carbocycles. The van der Waals surface area contributed by atoms with Crippen LogP contribution in [0.1, 0.15) is 6.42 Å². The van der Waals surface area contributed by atoms with Crippen LogP contribution in [0.5, 0.6) is 0 Å². The van der Waals surface area contributed by atoms with Crippen molar-refractivity contribution >= 4 is 11.8 Å². The summed E-state index contributed by atoms with van der Waals surface area (Å²) in [5.74, 6) is 0.812. The van der Waals surface area contributed by atoms with Gasteiger partial charge in [-0.25, -0.2) is 0 Å². The van der Waals surface area contributed by atoms with E-state index in [-0.39, 0.29) is 6.10 Å². The Bertz CT molecular complexity index is 63.5. The average Bonchev–Trinajstić information content (AvgIpc) is 1.68. The molecule has 1 atom stereocenters. The Labute approximate surface area is 54.8 Å². The third-order valence-corrected chi connectivity index (χ3v) is 1.52. The fourth-order valence-electron chi connectivity index (χ4n) is 0.453. The number of thioether (sulfide) groups is 1. The van der Waals surface area contributed by atoms with Gasteiger partial charge < -0.3 is 5.11 Å². The van der Waals surface area contributed by atoms with Gasteiger partial charge in [0.1, 0.15) is 0 Å². The van der Waals surface area contributed by atoms with E-state index in [2.05, 4.69) is 6.58 Å². The number of aliphatic hydroxyl groups excluding tert-OH is 1. The molecule has 0 fully saturated rings. The summed E-state index contributed by atoms with van der Waals surface area (Å²) < 4.78 is 0. The molecule has 0 heterocycles. The van der Waals surface area contributed by atoms with Crippen molar-refractivity contribution in [3.63, 3.8) is 0 Å². The summed E-state index contributed by atoms with van der Waals surface area (Å²) in [5.41, 5.74) is 0. The second-order valence-corrected chi connectivity index (χ2v) is 2.54. The second kappa shape index (κ2) is 5.19. The number of rotatable bonds is 4. The Morgan fingerprint density at radius 3 is 2.88 bits per heavy atom. The molecular formula is C6H12OS. The Morgan fingerprint density at radius 1 is 1.88 bits per heavy atom. The van der Waals surface area contributed by atoms with Gasteiger partial charge in [-0.2, -0.15) is 11.8 Å². The highest BCUT2D eigenvalue weighted by molar-refractivity contribution is 7.98. The van der Waals surface area contributed by atoms with Crippen LogP contribution in [0.3, 0.4) is 0 Å². The molecule has 0 saturated heterocycles. The summed E-state index contributed by atoms with van der Waals surface area (Å²) in [6.45, 7) is 3.51.